The molecule has 1 rings (SSSR count). The van der Waals surface area contributed by atoms with Gasteiger partial charge >= 0.3 is 11.9 Å². The summed E-state index contributed by atoms with van der Waals surface area (Å²) in [6.07, 6.45) is 3.93. The van der Waals surface area contributed by atoms with E-state index in [0.717, 1.165) is 12.5 Å². The lowest BCUT2D eigenvalue weighted by Gasteiger charge is -2.15. The molecule has 0 aliphatic carbocycles. The normalized spacial score (nSPS) is 11.2. The summed E-state index contributed by atoms with van der Waals surface area (Å²) in [7, 11) is 0. The lowest BCUT2D eigenvalue weighted by Crippen LogP contribution is -2.17. The minimum atomic E-state index is -0.793. The molecule has 2 N–H and O–H groups in total. The molecule has 0 aliphatic heterocycles. The van der Waals surface area contributed by atoms with Crippen LogP contribution in [0.15, 0.2) is 42.6 Å². The van der Waals surface area contributed by atoms with Crippen LogP contribution in [0.4, 0.5) is 0 Å². The van der Waals surface area contributed by atoms with Gasteiger partial charge in [-0.2, -0.15) is 0 Å². The largest absolute Gasteiger partial charge is 0.516 e. The van der Waals surface area contributed by atoms with Crippen LogP contribution in [0.1, 0.15) is 20.7 Å². The third-order valence-corrected chi connectivity index (χ3v) is 7.28. The maximum atomic E-state index is 12.3. The van der Waals surface area contributed by atoms with E-state index in [2.05, 4.69) is 63.7 Å². The number of carbonyl (C=O) groups excluding carboxylic acids is 2. The van der Waals surface area contributed by atoms with E-state index in [1.54, 1.807) is 0 Å². The molecule has 1 aromatic rings. The Bertz CT molecular complexity index is 640. The predicted molar refractivity (Wildman–Crippen MR) is 101 cm³/mol. The van der Waals surface area contributed by atoms with E-state index in [9.17, 15) is 9.59 Å². The van der Waals surface area contributed by atoms with E-state index in [1.165, 1.54) is 12.2 Å². The predicted octanol–water partition coefficient (Wildman–Crippen LogP) is 5.19. The molecule has 0 saturated carbocycles. The minimum absolute atomic E-state index is 0.0544. The second kappa shape index (κ2) is 10.2. The average molecular weight is 594 g/mol. The van der Waals surface area contributed by atoms with Gasteiger partial charge < -0.3 is 19.7 Å². The van der Waals surface area contributed by atoms with Crippen molar-refractivity contribution in [2.75, 3.05) is 13.2 Å². The van der Waals surface area contributed by atoms with Gasteiger partial charge in [-0.1, -0.05) is 0 Å². The molecule has 0 radical (unpaired) electrons. The van der Waals surface area contributed by atoms with Gasteiger partial charge in [-0.05, 0) is 75.9 Å². The summed E-state index contributed by atoms with van der Waals surface area (Å²) < 4.78 is 11.5. The van der Waals surface area contributed by atoms with Gasteiger partial charge in [-0.25, -0.2) is 9.59 Å². The number of esters is 2. The second-order valence-corrected chi connectivity index (χ2v) is 7.14. The number of carbonyl (C=O) groups is 2. The van der Waals surface area contributed by atoms with E-state index in [4.69, 9.17) is 19.7 Å². The fraction of sp³-hybridized carbons (Fsp3) is 0.143. The number of benzene rings is 1. The topological polar surface area (TPSA) is 93.1 Å². The fourth-order valence-electron chi connectivity index (χ4n) is 1.49. The number of ether oxygens (including phenoxy) is 2. The smallest absolute Gasteiger partial charge is 0.340 e. The van der Waals surface area contributed by atoms with E-state index in [-0.39, 0.29) is 24.3 Å². The summed E-state index contributed by atoms with van der Waals surface area (Å²) in [5.74, 6) is -1.59. The van der Waals surface area contributed by atoms with Crippen LogP contribution in [0, 0.1) is 0 Å². The molecule has 0 atom stereocenters. The van der Waals surface area contributed by atoms with Gasteiger partial charge in [0.1, 0.15) is 13.2 Å². The monoisotopic (exact) mass is 590 g/mol. The number of aliphatic hydroxyl groups is 2. The maximum Gasteiger partial charge on any atom is 0.340 e. The molecular formula is C14H10Br4O6. The maximum absolute atomic E-state index is 12.3. The first-order chi connectivity index (χ1) is 11.4. The molecule has 130 valence electrons. The molecule has 10 heteroatoms. The lowest BCUT2D eigenvalue weighted by atomic mass is 10.1. The first kappa shape index (κ1) is 21.2. The molecule has 0 bridgehead atoms. The fourth-order valence-corrected chi connectivity index (χ4v) is 3.93. The van der Waals surface area contributed by atoms with Crippen molar-refractivity contribution in [3.63, 3.8) is 0 Å². The first-order valence-electron chi connectivity index (χ1n) is 6.15. The van der Waals surface area contributed by atoms with Gasteiger partial charge in [0, 0.05) is 17.9 Å². The Hall–Kier alpha value is -0.840. The highest BCUT2D eigenvalue weighted by molar-refractivity contribution is 9.15. The molecule has 24 heavy (non-hydrogen) atoms. The van der Waals surface area contributed by atoms with Crippen LogP contribution >= 0.6 is 63.7 Å². The van der Waals surface area contributed by atoms with Crippen LogP contribution in [0.5, 0.6) is 0 Å². The van der Waals surface area contributed by atoms with Gasteiger partial charge in [-0.3, -0.25) is 0 Å². The summed E-state index contributed by atoms with van der Waals surface area (Å²) in [4.78, 5) is 24.6. The third-order valence-electron chi connectivity index (χ3n) is 2.51. The van der Waals surface area contributed by atoms with Gasteiger partial charge in [0.15, 0.2) is 0 Å². The Morgan fingerprint density at radius 1 is 0.750 bits per heavy atom. The van der Waals surface area contributed by atoms with Crippen molar-refractivity contribution in [3.8, 4) is 0 Å². The van der Waals surface area contributed by atoms with Gasteiger partial charge in [0.05, 0.1) is 23.7 Å². The van der Waals surface area contributed by atoms with Crippen molar-refractivity contribution in [2.45, 2.75) is 0 Å². The molecule has 0 unspecified atom stereocenters. The standard InChI is InChI=1S/C14H10Br4O6/c15-9-7(13(21)23-5-1-3-19)8(10(16)12(18)11(9)17)14(22)24-6-2-4-20/h1-4,19-20H,5-6H2. The molecular weight excluding hydrogens is 584 g/mol. The average Bonchev–Trinajstić information content (AvgIpc) is 2.56. The van der Waals surface area contributed by atoms with Crippen molar-refractivity contribution >= 4 is 75.7 Å². The zero-order valence-electron chi connectivity index (χ0n) is 11.8. The van der Waals surface area contributed by atoms with Gasteiger partial charge in [0.2, 0.25) is 0 Å². The van der Waals surface area contributed by atoms with Gasteiger partial charge in [0.25, 0.3) is 0 Å². The lowest BCUT2D eigenvalue weighted by molar-refractivity contribution is 0.0499. The molecule has 0 spiro atoms. The van der Waals surface area contributed by atoms with Crippen molar-refractivity contribution < 1.29 is 29.3 Å². The van der Waals surface area contributed by atoms with Crippen LogP contribution in [0.2, 0.25) is 0 Å². The highest BCUT2D eigenvalue weighted by Crippen LogP contribution is 2.42. The number of aliphatic hydroxyl groups excluding tert-OH is 2. The summed E-state index contributed by atoms with van der Waals surface area (Å²) in [5, 5.41) is 17.2. The number of hydrogen-bond acceptors (Lipinski definition) is 6. The molecule has 0 aromatic heterocycles. The summed E-state index contributed by atoms with van der Waals surface area (Å²) >= 11 is 13.1. The Kier molecular flexibility index (Phi) is 9.03. The van der Waals surface area contributed by atoms with Crippen molar-refractivity contribution in [3.05, 3.63) is 53.7 Å². The highest BCUT2D eigenvalue weighted by Gasteiger charge is 2.29. The quantitative estimate of drug-likeness (QED) is 0.204. The van der Waals surface area contributed by atoms with Crippen molar-refractivity contribution in [1.82, 2.24) is 0 Å². The van der Waals surface area contributed by atoms with E-state index < -0.39 is 11.9 Å². The molecule has 0 heterocycles. The van der Waals surface area contributed by atoms with Crippen LogP contribution in [0.3, 0.4) is 0 Å². The Morgan fingerprint density at radius 2 is 1.08 bits per heavy atom. The minimum Gasteiger partial charge on any atom is -0.516 e. The SMILES string of the molecule is O=C(OCC=CO)c1c(Br)c(Br)c(Br)c(Br)c1C(=O)OCC=CO. The molecule has 0 amide bonds. The van der Waals surface area contributed by atoms with Crippen LogP contribution in [-0.4, -0.2) is 35.4 Å². The molecule has 6 nitrogen and oxygen atoms in total. The van der Waals surface area contributed by atoms with E-state index in [1.807, 2.05) is 0 Å². The van der Waals surface area contributed by atoms with Crippen molar-refractivity contribution in [1.29, 1.82) is 0 Å². The number of hydrogen-bond donors (Lipinski definition) is 2. The molecule has 0 saturated heterocycles. The van der Waals surface area contributed by atoms with Gasteiger partial charge in [-0.15, -0.1) is 0 Å². The Balaban J connectivity index is 3.38. The highest BCUT2D eigenvalue weighted by atomic mass is 79.9. The number of rotatable bonds is 6. The van der Waals surface area contributed by atoms with Crippen LogP contribution in [-0.2, 0) is 9.47 Å². The van der Waals surface area contributed by atoms with Crippen LogP contribution < -0.4 is 0 Å². The zero-order chi connectivity index (χ0) is 18.3. The summed E-state index contributed by atoms with van der Waals surface area (Å²) in [6.45, 7) is -0.344. The Labute approximate surface area is 171 Å². The second-order valence-electron chi connectivity index (χ2n) is 3.97. The molecule has 0 aliphatic rings. The summed E-state index contributed by atoms with van der Waals surface area (Å²) in [6, 6.07) is 0. The van der Waals surface area contributed by atoms with E-state index in [0.29, 0.717) is 17.9 Å². The molecule has 1 aromatic carbocycles. The molecule has 0 fully saturated rings. The Morgan fingerprint density at radius 3 is 1.38 bits per heavy atom. The number of halogens is 4. The first-order valence-corrected chi connectivity index (χ1v) is 9.32. The van der Waals surface area contributed by atoms with E-state index >= 15 is 0 Å². The summed E-state index contributed by atoms with van der Waals surface area (Å²) in [5.41, 5.74) is -0.109. The van der Waals surface area contributed by atoms with Crippen LogP contribution in [0.25, 0.3) is 0 Å². The van der Waals surface area contributed by atoms with Crippen molar-refractivity contribution in [2.24, 2.45) is 0 Å². The zero-order valence-corrected chi connectivity index (χ0v) is 18.1. The third kappa shape index (κ3) is 5.08.